The van der Waals surface area contributed by atoms with Crippen molar-refractivity contribution in [1.29, 1.82) is 0 Å². The van der Waals surface area contributed by atoms with E-state index in [2.05, 4.69) is 39.5 Å². The van der Waals surface area contributed by atoms with Crippen LogP contribution in [0.2, 0.25) is 0 Å². The molecule has 0 aliphatic rings. The number of nitrogens with zero attached hydrogens (tertiary/aromatic N) is 2. The van der Waals surface area contributed by atoms with Crippen molar-refractivity contribution in [1.82, 2.24) is 15.2 Å². The smallest absolute Gasteiger partial charge is 0.191 e. The Kier molecular flexibility index (Phi) is 10.6. The summed E-state index contributed by atoms with van der Waals surface area (Å²) in [5.74, 6) is 2.52. The summed E-state index contributed by atoms with van der Waals surface area (Å²) < 4.78 is 12.8. The van der Waals surface area contributed by atoms with Gasteiger partial charge in [-0.25, -0.2) is 0 Å². The van der Waals surface area contributed by atoms with Gasteiger partial charge in [0.15, 0.2) is 5.96 Å². The molecule has 2 N–H and O–H groups in total. The molecule has 6 nitrogen and oxygen atoms in total. The largest absolute Gasteiger partial charge is 0.497 e. The third kappa shape index (κ3) is 7.15. The van der Waals surface area contributed by atoms with Gasteiger partial charge in [-0.15, -0.1) is 24.0 Å². The Balaban J connectivity index is 0.00000338. The zero-order valence-electron chi connectivity index (χ0n) is 15.7. The van der Waals surface area contributed by atoms with Gasteiger partial charge in [-0.1, -0.05) is 0 Å². The first-order valence-electron chi connectivity index (χ1n) is 8.60. The van der Waals surface area contributed by atoms with Gasteiger partial charge < -0.3 is 24.7 Å². The molecule has 0 spiro atoms. The molecular formula is C19H29IN4O2. The lowest BCUT2D eigenvalue weighted by molar-refractivity contribution is 0.399. The van der Waals surface area contributed by atoms with Crippen LogP contribution in [-0.4, -0.2) is 44.4 Å². The Morgan fingerprint density at radius 3 is 2.54 bits per heavy atom. The molecule has 2 rings (SSSR count). The van der Waals surface area contributed by atoms with Gasteiger partial charge in [0.05, 0.1) is 14.2 Å². The van der Waals surface area contributed by atoms with E-state index in [0.29, 0.717) is 6.54 Å². The third-order valence-electron chi connectivity index (χ3n) is 3.81. The van der Waals surface area contributed by atoms with Crippen molar-refractivity contribution in [3.63, 3.8) is 0 Å². The van der Waals surface area contributed by atoms with Crippen LogP contribution < -0.4 is 20.1 Å². The Bertz CT molecular complexity index is 660. The number of aliphatic imine (C=N–C) groups is 1. The molecule has 0 atom stereocenters. The zero-order chi connectivity index (χ0) is 17.9. The van der Waals surface area contributed by atoms with Gasteiger partial charge in [-0.2, -0.15) is 0 Å². The van der Waals surface area contributed by atoms with Crippen LogP contribution in [0.1, 0.15) is 12.5 Å². The molecule has 1 aromatic carbocycles. The van der Waals surface area contributed by atoms with Crippen LogP contribution in [0, 0.1) is 0 Å². The maximum absolute atomic E-state index is 5.42. The van der Waals surface area contributed by atoms with Crippen molar-refractivity contribution < 1.29 is 9.47 Å². The highest BCUT2D eigenvalue weighted by molar-refractivity contribution is 14.0. The first-order valence-corrected chi connectivity index (χ1v) is 8.60. The first-order chi connectivity index (χ1) is 12.3. The van der Waals surface area contributed by atoms with E-state index in [-0.39, 0.29) is 24.0 Å². The summed E-state index contributed by atoms with van der Waals surface area (Å²) in [6.07, 6.45) is 4.90. The number of halogens is 1. The molecule has 1 aromatic heterocycles. The number of methoxy groups -OCH3 is 2. The molecule has 0 aliphatic carbocycles. The summed E-state index contributed by atoms with van der Waals surface area (Å²) in [5.41, 5.74) is 1.09. The second-order valence-electron chi connectivity index (χ2n) is 5.54. The maximum Gasteiger partial charge on any atom is 0.191 e. The molecule has 0 fully saturated rings. The van der Waals surface area contributed by atoms with Gasteiger partial charge in [0, 0.05) is 38.6 Å². The van der Waals surface area contributed by atoms with Gasteiger partial charge in [0.2, 0.25) is 0 Å². The van der Waals surface area contributed by atoms with Crippen molar-refractivity contribution >= 4 is 29.9 Å². The van der Waals surface area contributed by atoms with Crippen LogP contribution in [0.15, 0.2) is 47.7 Å². The summed E-state index contributed by atoms with van der Waals surface area (Å²) in [5, 5.41) is 6.63. The zero-order valence-corrected chi connectivity index (χ0v) is 18.0. The second kappa shape index (κ2) is 12.5. The van der Waals surface area contributed by atoms with Crippen LogP contribution in [0.5, 0.6) is 11.5 Å². The quantitative estimate of drug-likeness (QED) is 0.335. The molecule has 0 saturated carbocycles. The van der Waals surface area contributed by atoms with E-state index >= 15 is 0 Å². The monoisotopic (exact) mass is 472 g/mol. The van der Waals surface area contributed by atoms with Crippen molar-refractivity contribution in [3.8, 4) is 11.5 Å². The minimum atomic E-state index is 0. The van der Waals surface area contributed by atoms with Crippen molar-refractivity contribution in [2.24, 2.45) is 4.99 Å². The summed E-state index contributed by atoms with van der Waals surface area (Å²) in [6.45, 7) is 5.29. The van der Waals surface area contributed by atoms with Crippen molar-refractivity contribution in [2.75, 3.05) is 33.9 Å². The Labute approximate surface area is 173 Å². The molecule has 0 bridgehead atoms. The molecule has 7 heteroatoms. The van der Waals surface area contributed by atoms with Gasteiger partial charge in [-0.05, 0) is 49.2 Å². The van der Waals surface area contributed by atoms with E-state index in [0.717, 1.165) is 49.1 Å². The lowest BCUT2D eigenvalue weighted by Gasteiger charge is -2.12. The Morgan fingerprint density at radius 2 is 1.88 bits per heavy atom. The Morgan fingerprint density at radius 1 is 1.12 bits per heavy atom. The number of benzene rings is 1. The summed E-state index contributed by atoms with van der Waals surface area (Å²) in [4.78, 5) is 4.65. The molecule has 0 aliphatic heterocycles. The molecule has 26 heavy (non-hydrogen) atoms. The lowest BCUT2D eigenvalue weighted by atomic mass is 10.1. The number of hydrogen-bond donors (Lipinski definition) is 2. The number of nitrogens with one attached hydrogen (secondary N) is 2. The van der Waals surface area contributed by atoms with Crippen LogP contribution >= 0.6 is 24.0 Å². The van der Waals surface area contributed by atoms with E-state index in [4.69, 9.17) is 9.47 Å². The standard InChI is InChI=1S/C19H28N4O2.HI/c1-4-20-19(22-11-14-23-12-5-6-13-23)21-10-9-16-15-17(24-2)7-8-18(16)25-3;/h5-8,12-13,15H,4,9-11,14H2,1-3H3,(H2,20,21,22);1H. The van der Waals surface area contributed by atoms with E-state index in [1.807, 2.05) is 30.3 Å². The minimum Gasteiger partial charge on any atom is -0.497 e. The van der Waals surface area contributed by atoms with Crippen molar-refractivity contribution in [3.05, 3.63) is 48.3 Å². The minimum absolute atomic E-state index is 0. The van der Waals surface area contributed by atoms with Crippen molar-refractivity contribution in [2.45, 2.75) is 19.9 Å². The van der Waals surface area contributed by atoms with Gasteiger partial charge in [-0.3, -0.25) is 4.99 Å². The highest BCUT2D eigenvalue weighted by Crippen LogP contribution is 2.24. The predicted molar refractivity (Wildman–Crippen MR) is 117 cm³/mol. The van der Waals surface area contributed by atoms with Crippen LogP contribution in [0.4, 0.5) is 0 Å². The maximum atomic E-state index is 5.42. The fourth-order valence-electron chi connectivity index (χ4n) is 2.53. The number of hydrogen-bond acceptors (Lipinski definition) is 3. The molecule has 144 valence electrons. The van der Waals surface area contributed by atoms with E-state index in [9.17, 15) is 0 Å². The first kappa shape index (κ1) is 22.1. The lowest BCUT2D eigenvalue weighted by Crippen LogP contribution is -2.39. The summed E-state index contributed by atoms with van der Waals surface area (Å²) in [7, 11) is 3.35. The molecular weight excluding hydrogens is 443 g/mol. The third-order valence-corrected chi connectivity index (χ3v) is 3.81. The topological polar surface area (TPSA) is 59.8 Å². The van der Waals surface area contributed by atoms with Gasteiger partial charge in [0.1, 0.15) is 11.5 Å². The number of aromatic nitrogens is 1. The molecule has 0 radical (unpaired) electrons. The highest BCUT2D eigenvalue weighted by Gasteiger charge is 2.05. The highest BCUT2D eigenvalue weighted by atomic mass is 127. The van der Waals surface area contributed by atoms with Crippen LogP contribution in [0.3, 0.4) is 0 Å². The number of guanidine groups is 1. The average Bonchev–Trinajstić information content (AvgIpc) is 3.15. The average molecular weight is 472 g/mol. The van der Waals surface area contributed by atoms with E-state index in [1.54, 1.807) is 14.2 Å². The fourth-order valence-corrected chi connectivity index (χ4v) is 2.53. The van der Waals surface area contributed by atoms with Crippen LogP contribution in [0.25, 0.3) is 0 Å². The second-order valence-corrected chi connectivity index (χ2v) is 5.54. The van der Waals surface area contributed by atoms with Gasteiger partial charge >= 0.3 is 0 Å². The molecule has 0 saturated heterocycles. The van der Waals surface area contributed by atoms with Gasteiger partial charge in [0.25, 0.3) is 0 Å². The molecule has 2 aromatic rings. The number of ether oxygens (including phenoxy) is 2. The predicted octanol–water partition coefficient (Wildman–Crippen LogP) is 2.92. The van der Waals surface area contributed by atoms with E-state index in [1.165, 1.54) is 0 Å². The fraction of sp³-hybridized carbons (Fsp3) is 0.421. The molecule has 1 heterocycles. The summed E-state index contributed by atoms with van der Waals surface area (Å²) in [6, 6.07) is 9.89. The SMILES string of the molecule is CCNC(=NCCc1cc(OC)ccc1OC)NCCn1cccc1.I. The molecule has 0 amide bonds. The Hall–Kier alpha value is -1.90. The summed E-state index contributed by atoms with van der Waals surface area (Å²) >= 11 is 0. The van der Waals surface area contributed by atoms with Crippen LogP contribution in [-0.2, 0) is 13.0 Å². The number of rotatable bonds is 9. The van der Waals surface area contributed by atoms with E-state index < -0.39 is 0 Å². The molecule has 0 unspecified atom stereocenters. The normalized spacial score (nSPS) is 10.8.